The molecule has 13 heavy (non-hydrogen) atoms. The molecule has 0 aliphatic rings. The molecule has 0 aliphatic heterocycles. The quantitative estimate of drug-likeness (QED) is 0.722. The van der Waals surface area contributed by atoms with Gasteiger partial charge in [0.15, 0.2) is 5.78 Å². The molecule has 0 unspecified atom stereocenters. The van der Waals surface area contributed by atoms with Gasteiger partial charge in [0.1, 0.15) is 5.75 Å². The molecule has 0 saturated carbocycles. The van der Waals surface area contributed by atoms with Crippen molar-refractivity contribution in [3.63, 3.8) is 0 Å². The zero-order valence-corrected chi connectivity index (χ0v) is 8.00. The molecule has 0 aliphatic carbocycles. The molecular weight excluding hydrogens is 164 g/mol. The van der Waals surface area contributed by atoms with Gasteiger partial charge in [0, 0.05) is 6.42 Å². The second kappa shape index (κ2) is 4.08. The molecule has 70 valence electrons. The molecular formula is C11H14O2. The van der Waals surface area contributed by atoms with Crippen molar-refractivity contribution < 1.29 is 9.90 Å². The zero-order valence-electron chi connectivity index (χ0n) is 8.00. The molecule has 0 spiro atoms. The number of benzene rings is 1. The number of phenols is 1. The fourth-order valence-corrected chi connectivity index (χ4v) is 1.37. The number of hydrogen-bond acceptors (Lipinski definition) is 2. The van der Waals surface area contributed by atoms with Crippen LogP contribution in [0.2, 0.25) is 0 Å². The topological polar surface area (TPSA) is 37.3 Å². The largest absolute Gasteiger partial charge is 0.507 e. The first-order valence-corrected chi connectivity index (χ1v) is 4.48. The maximum absolute atomic E-state index is 11.5. The van der Waals surface area contributed by atoms with Crippen molar-refractivity contribution in [3.05, 3.63) is 29.3 Å². The Morgan fingerprint density at radius 2 is 2.15 bits per heavy atom. The molecule has 1 N–H and O–H groups in total. The molecule has 0 heterocycles. The van der Waals surface area contributed by atoms with Crippen LogP contribution in [0.5, 0.6) is 5.75 Å². The predicted octanol–water partition coefficient (Wildman–Crippen LogP) is 2.68. The minimum atomic E-state index is 0.0260. The van der Waals surface area contributed by atoms with Crippen molar-refractivity contribution in [2.24, 2.45) is 0 Å². The highest BCUT2D eigenvalue weighted by atomic mass is 16.3. The summed E-state index contributed by atoms with van der Waals surface area (Å²) in [5.74, 6) is 0.122. The lowest BCUT2D eigenvalue weighted by molar-refractivity contribution is 0.0978. The Kier molecular flexibility index (Phi) is 3.07. The monoisotopic (exact) mass is 178 g/mol. The van der Waals surface area contributed by atoms with E-state index in [4.69, 9.17) is 0 Å². The van der Waals surface area contributed by atoms with E-state index in [1.807, 2.05) is 19.9 Å². The number of aryl methyl sites for hydroxylation is 1. The van der Waals surface area contributed by atoms with Crippen LogP contribution in [-0.2, 0) is 0 Å². The van der Waals surface area contributed by atoms with Crippen LogP contribution in [0, 0.1) is 6.92 Å². The van der Waals surface area contributed by atoms with Crippen molar-refractivity contribution in [1.29, 1.82) is 0 Å². The second-order valence-corrected chi connectivity index (χ2v) is 3.14. The van der Waals surface area contributed by atoms with Crippen LogP contribution in [0.15, 0.2) is 18.2 Å². The lowest BCUT2D eigenvalue weighted by atomic mass is 10.0. The number of aromatic hydroxyl groups is 1. The fraction of sp³-hybridized carbons (Fsp3) is 0.364. The van der Waals surface area contributed by atoms with Gasteiger partial charge in [0.05, 0.1) is 5.56 Å². The number of hydrogen-bond donors (Lipinski definition) is 1. The molecule has 0 aromatic heterocycles. The van der Waals surface area contributed by atoms with Crippen LogP contribution in [0.25, 0.3) is 0 Å². The Bertz CT molecular complexity index is 296. The van der Waals surface area contributed by atoms with E-state index in [2.05, 4.69) is 0 Å². The number of Topliss-reactive ketones (excluding diaryl/α,β-unsaturated/α-hetero) is 1. The summed E-state index contributed by atoms with van der Waals surface area (Å²) < 4.78 is 0. The molecule has 2 heteroatoms. The van der Waals surface area contributed by atoms with Gasteiger partial charge in [-0.05, 0) is 25.0 Å². The average molecular weight is 178 g/mol. The summed E-state index contributed by atoms with van der Waals surface area (Å²) in [6, 6.07) is 5.13. The minimum Gasteiger partial charge on any atom is -0.507 e. The summed E-state index contributed by atoms with van der Waals surface area (Å²) in [7, 11) is 0. The molecule has 0 amide bonds. The molecule has 1 aromatic carbocycles. The molecule has 2 nitrogen and oxygen atoms in total. The van der Waals surface area contributed by atoms with Crippen LogP contribution >= 0.6 is 0 Å². The molecule has 0 fully saturated rings. The normalized spacial score (nSPS) is 10.0. The van der Waals surface area contributed by atoms with Gasteiger partial charge >= 0.3 is 0 Å². The Morgan fingerprint density at radius 3 is 2.69 bits per heavy atom. The smallest absolute Gasteiger partial charge is 0.166 e. The Hall–Kier alpha value is -1.31. The molecule has 1 aromatic rings. The summed E-state index contributed by atoms with van der Waals surface area (Å²) >= 11 is 0. The average Bonchev–Trinajstić information content (AvgIpc) is 2.04. The van der Waals surface area contributed by atoms with Gasteiger partial charge in [-0.15, -0.1) is 0 Å². The van der Waals surface area contributed by atoms with E-state index in [-0.39, 0.29) is 11.5 Å². The van der Waals surface area contributed by atoms with Gasteiger partial charge in [-0.3, -0.25) is 4.79 Å². The van der Waals surface area contributed by atoms with Gasteiger partial charge in [-0.1, -0.05) is 19.1 Å². The fourth-order valence-electron chi connectivity index (χ4n) is 1.37. The first kappa shape index (κ1) is 9.78. The highest BCUT2D eigenvalue weighted by Gasteiger charge is 2.11. The Morgan fingerprint density at radius 1 is 1.46 bits per heavy atom. The maximum Gasteiger partial charge on any atom is 0.166 e. The Balaban J connectivity index is 3.05. The predicted molar refractivity (Wildman–Crippen MR) is 52.1 cm³/mol. The lowest BCUT2D eigenvalue weighted by Gasteiger charge is -2.05. The van der Waals surface area contributed by atoms with Crippen LogP contribution in [0.3, 0.4) is 0 Å². The summed E-state index contributed by atoms with van der Waals surface area (Å²) in [4.78, 5) is 11.5. The third-order valence-electron chi connectivity index (χ3n) is 2.01. The molecule has 1 rings (SSSR count). The van der Waals surface area contributed by atoms with E-state index >= 15 is 0 Å². The Labute approximate surface area is 78.2 Å². The summed E-state index contributed by atoms with van der Waals surface area (Å²) in [6.07, 6.45) is 1.31. The second-order valence-electron chi connectivity index (χ2n) is 3.14. The molecule has 0 saturated heterocycles. The molecule has 0 radical (unpaired) electrons. The van der Waals surface area contributed by atoms with Gasteiger partial charge in [0.2, 0.25) is 0 Å². The first-order chi connectivity index (χ1) is 6.16. The summed E-state index contributed by atoms with van der Waals surface area (Å²) in [5.41, 5.74) is 1.32. The number of phenolic OH excluding ortho intramolecular Hbond substituents is 1. The third kappa shape index (κ3) is 2.08. The standard InChI is InChI=1S/C11H14O2/c1-3-5-9(12)11-8(2)6-4-7-10(11)13/h4,6-7,13H,3,5H2,1-2H3. The van der Waals surface area contributed by atoms with Crippen LogP contribution < -0.4 is 0 Å². The van der Waals surface area contributed by atoms with Crippen molar-refractivity contribution >= 4 is 5.78 Å². The van der Waals surface area contributed by atoms with Gasteiger partial charge in [0.25, 0.3) is 0 Å². The highest BCUT2D eigenvalue weighted by molar-refractivity contribution is 5.99. The highest BCUT2D eigenvalue weighted by Crippen LogP contribution is 2.22. The number of rotatable bonds is 3. The van der Waals surface area contributed by atoms with Crippen molar-refractivity contribution in [3.8, 4) is 5.75 Å². The first-order valence-electron chi connectivity index (χ1n) is 4.48. The SMILES string of the molecule is CCCC(=O)c1c(C)cccc1O. The summed E-state index contributed by atoms with van der Waals surface area (Å²) in [5, 5.41) is 9.47. The van der Waals surface area contributed by atoms with E-state index in [1.165, 1.54) is 0 Å². The minimum absolute atomic E-state index is 0.0260. The number of ketones is 1. The number of carbonyl (C=O) groups is 1. The molecule has 0 atom stereocenters. The van der Waals surface area contributed by atoms with E-state index in [0.29, 0.717) is 12.0 Å². The van der Waals surface area contributed by atoms with Crippen molar-refractivity contribution in [2.45, 2.75) is 26.7 Å². The van der Waals surface area contributed by atoms with Gasteiger partial charge in [-0.2, -0.15) is 0 Å². The van der Waals surface area contributed by atoms with E-state index in [0.717, 1.165) is 12.0 Å². The van der Waals surface area contributed by atoms with Crippen LogP contribution in [-0.4, -0.2) is 10.9 Å². The van der Waals surface area contributed by atoms with Gasteiger partial charge < -0.3 is 5.11 Å². The van der Waals surface area contributed by atoms with Gasteiger partial charge in [-0.25, -0.2) is 0 Å². The summed E-state index contributed by atoms with van der Waals surface area (Å²) in [6.45, 7) is 3.79. The van der Waals surface area contributed by atoms with Crippen LogP contribution in [0.4, 0.5) is 0 Å². The van der Waals surface area contributed by atoms with Crippen molar-refractivity contribution in [1.82, 2.24) is 0 Å². The lowest BCUT2D eigenvalue weighted by Crippen LogP contribution is -2.01. The zero-order chi connectivity index (χ0) is 9.84. The third-order valence-corrected chi connectivity index (χ3v) is 2.01. The van der Waals surface area contributed by atoms with E-state index in [1.54, 1.807) is 12.1 Å². The molecule has 0 bridgehead atoms. The van der Waals surface area contributed by atoms with E-state index in [9.17, 15) is 9.90 Å². The van der Waals surface area contributed by atoms with E-state index < -0.39 is 0 Å². The van der Waals surface area contributed by atoms with Crippen LogP contribution in [0.1, 0.15) is 35.7 Å². The number of carbonyl (C=O) groups excluding carboxylic acids is 1. The maximum atomic E-state index is 11.5. The van der Waals surface area contributed by atoms with Crippen molar-refractivity contribution in [2.75, 3.05) is 0 Å².